The van der Waals surface area contributed by atoms with E-state index in [4.69, 9.17) is 5.73 Å². The lowest BCUT2D eigenvalue weighted by Gasteiger charge is -2.06. The Balaban J connectivity index is 2.50. The monoisotopic (exact) mass is 192 g/mol. The summed E-state index contributed by atoms with van der Waals surface area (Å²) >= 11 is 0. The average Bonchev–Trinajstić information content (AvgIpc) is 2.16. The van der Waals surface area contributed by atoms with Crippen molar-refractivity contribution in [3.05, 3.63) is 35.4 Å². The topological polar surface area (TPSA) is 38.0 Å². The third-order valence-electron chi connectivity index (χ3n) is 2.14. The zero-order chi connectivity index (χ0) is 10.4. The molecule has 0 amide bonds. The number of nitrogens with two attached hydrogens (primary N) is 1. The molecule has 1 aromatic rings. The highest BCUT2D eigenvalue weighted by molar-refractivity contribution is 5.22. The molecule has 1 rings (SSSR count). The van der Waals surface area contributed by atoms with Crippen LogP contribution in [0.4, 0.5) is 0 Å². The molecule has 0 saturated carbocycles. The van der Waals surface area contributed by atoms with Crippen LogP contribution in [-0.4, -0.2) is 6.67 Å². The van der Waals surface area contributed by atoms with Gasteiger partial charge >= 0.3 is 0 Å². The Morgan fingerprint density at radius 2 is 1.71 bits per heavy atom. The molecule has 78 valence electrons. The van der Waals surface area contributed by atoms with Crippen molar-refractivity contribution in [2.75, 3.05) is 6.67 Å². The van der Waals surface area contributed by atoms with Gasteiger partial charge in [-0.05, 0) is 23.5 Å². The quantitative estimate of drug-likeness (QED) is 0.699. The van der Waals surface area contributed by atoms with Gasteiger partial charge in [-0.3, -0.25) is 0 Å². The second kappa shape index (κ2) is 5.78. The summed E-state index contributed by atoms with van der Waals surface area (Å²) in [6, 6.07) is 8.74. The van der Waals surface area contributed by atoms with Gasteiger partial charge < -0.3 is 11.1 Å². The Morgan fingerprint density at radius 1 is 1.14 bits per heavy atom. The second-order valence-electron chi connectivity index (χ2n) is 4.05. The number of rotatable bonds is 5. The van der Waals surface area contributed by atoms with Crippen LogP contribution in [-0.2, 0) is 13.0 Å². The van der Waals surface area contributed by atoms with E-state index in [-0.39, 0.29) is 0 Å². The van der Waals surface area contributed by atoms with Crippen LogP contribution >= 0.6 is 0 Å². The molecule has 0 aliphatic carbocycles. The maximum Gasteiger partial charge on any atom is 0.0431 e. The van der Waals surface area contributed by atoms with E-state index in [1.807, 2.05) is 0 Å². The van der Waals surface area contributed by atoms with Crippen molar-refractivity contribution in [2.24, 2.45) is 11.7 Å². The van der Waals surface area contributed by atoms with Crippen LogP contribution in [0.5, 0.6) is 0 Å². The fraction of sp³-hybridized carbons (Fsp3) is 0.500. The van der Waals surface area contributed by atoms with Gasteiger partial charge in [0.15, 0.2) is 0 Å². The van der Waals surface area contributed by atoms with Crippen molar-refractivity contribution < 1.29 is 0 Å². The van der Waals surface area contributed by atoms with Gasteiger partial charge in [0, 0.05) is 13.2 Å². The minimum absolute atomic E-state index is 0.535. The van der Waals surface area contributed by atoms with Gasteiger partial charge in [0.1, 0.15) is 0 Å². The number of benzene rings is 1. The molecule has 0 aromatic heterocycles. The lowest BCUT2D eigenvalue weighted by molar-refractivity contribution is 0.646. The summed E-state index contributed by atoms with van der Waals surface area (Å²) in [6.45, 7) is 5.87. The largest absolute Gasteiger partial charge is 0.318 e. The van der Waals surface area contributed by atoms with Gasteiger partial charge in [0.25, 0.3) is 0 Å². The standard InChI is InChI=1S/C12H20N2/c1-10(2)7-11-3-5-12(6-4-11)8-14-9-13/h3-6,10,14H,7-9,13H2,1-2H3. The lowest BCUT2D eigenvalue weighted by Crippen LogP contribution is -2.21. The van der Waals surface area contributed by atoms with E-state index in [9.17, 15) is 0 Å². The normalized spacial score (nSPS) is 10.9. The Bertz CT molecular complexity index is 252. The minimum Gasteiger partial charge on any atom is -0.318 e. The van der Waals surface area contributed by atoms with Crippen LogP contribution in [0, 0.1) is 5.92 Å². The molecule has 14 heavy (non-hydrogen) atoms. The Labute approximate surface area is 86.5 Å². The van der Waals surface area contributed by atoms with Crippen molar-refractivity contribution in [1.29, 1.82) is 0 Å². The van der Waals surface area contributed by atoms with Gasteiger partial charge in [-0.2, -0.15) is 0 Å². The van der Waals surface area contributed by atoms with E-state index < -0.39 is 0 Å². The zero-order valence-electron chi connectivity index (χ0n) is 9.09. The van der Waals surface area contributed by atoms with Crippen molar-refractivity contribution in [2.45, 2.75) is 26.8 Å². The Morgan fingerprint density at radius 3 is 2.21 bits per heavy atom. The fourth-order valence-electron chi connectivity index (χ4n) is 1.48. The number of hydrogen-bond donors (Lipinski definition) is 2. The third-order valence-corrected chi connectivity index (χ3v) is 2.14. The minimum atomic E-state index is 0.535. The molecule has 0 aliphatic rings. The molecule has 0 heterocycles. The van der Waals surface area contributed by atoms with E-state index >= 15 is 0 Å². The van der Waals surface area contributed by atoms with Gasteiger partial charge in [-0.1, -0.05) is 38.1 Å². The van der Waals surface area contributed by atoms with E-state index in [0.717, 1.165) is 18.9 Å². The molecule has 0 saturated heterocycles. The van der Waals surface area contributed by atoms with Crippen molar-refractivity contribution in [3.8, 4) is 0 Å². The van der Waals surface area contributed by atoms with E-state index in [1.165, 1.54) is 11.1 Å². The maximum atomic E-state index is 5.36. The molecule has 1 aromatic carbocycles. The molecular weight excluding hydrogens is 172 g/mol. The number of nitrogens with one attached hydrogen (secondary N) is 1. The van der Waals surface area contributed by atoms with Gasteiger partial charge in [-0.25, -0.2) is 0 Å². The number of hydrogen-bond acceptors (Lipinski definition) is 2. The van der Waals surface area contributed by atoms with Crippen LogP contribution in [0.1, 0.15) is 25.0 Å². The smallest absolute Gasteiger partial charge is 0.0431 e. The summed E-state index contributed by atoms with van der Waals surface area (Å²) in [6.07, 6.45) is 1.16. The van der Waals surface area contributed by atoms with Crippen LogP contribution in [0.3, 0.4) is 0 Å². The first-order chi connectivity index (χ1) is 6.72. The Hall–Kier alpha value is -0.860. The summed E-state index contributed by atoms with van der Waals surface area (Å²) in [5.74, 6) is 0.725. The predicted octanol–water partition coefficient (Wildman–Crippen LogP) is 1.89. The first-order valence-electron chi connectivity index (χ1n) is 5.21. The first-order valence-corrected chi connectivity index (χ1v) is 5.21. The lowest BCUT2D eigenvalue weighted by atomic mass is 10.0. The van der Waals surface area contributed by atoms with E-state index in [1.54, 1.807) is 0 Å². The summed E-state index contributed by atoms with van der Waals surface area (Å²) in [5, 5.41) is 3.10. The predicted molar refractivity (Wildman–Crippen MR) is 60.9 cm³/mol. The van der Waals surface area contributed by atoms with Gasteiger partial charge in [0.05, 0.1) is 0 Å². The summed E-state index contributed by atoms with van der Waals surface area (Å²) in [7, 11) is 0. The van der Waals surface area contributed by atoms with E-state index in [0.29, 0.717) is 6.67 Å². The molecule has 2 nitrogen and oxygen atoms in total. The highest BCUT2D eigenvalue weighted by Gasteiger charge is 1.97. The van der Waals surface area contributed by atoms with Crippen molar-refractivity contribution in [3.63, 3.8) is 0 Å². The van der Waals surface area contributed by atoms with Gasteiger partial charge in [-0.15, -0.1) is 0 Å². The SMILES string of the molecule is CC(C)Cc1ccc(CNCN)cc1. The summed E-state index contributed by atoms with van der Waals surface area (Å²) in [4.78, 5) is 0. The van der Waals surface area contributed by atoms with Crippen LogP contribution < -0.4 is 11.1 Å². The third kappa shape index (κ3) is 3.90. The molecule has 0 aliphatic heterocycles. The molecular formula is C12H20N2. The Kier molecular flexibility index (Phi) is 4.63. The van der Waals surface area contributed by atoms with Crippen LogP contribution in [0.2, 0.25) is 0 Å². The highest BCUT2D eigenvalue weighted by Crippen LogP contribution is 2.09. The molecule has 0 spiro atoms. The molecule has 3 N–H and O–H groups in total. The molecule has 0 atom stereocenters. The van der Waals surface area contributed by atoms with Crippen molar-refractivity contribution >= 4 is 0 Å². The zero-order valence-corrected chi connectivity index (χ0v) is 9.09. The van der Waals surface area contributed by atoms with Crippen molar-refractivity contribution in [1.82, 2.24) is 5.32 Å². The molecule has 0 fully saturated rings. The molecule has 0 bridgehead atoms. The summed E-state index contributed by atoms with van der Waals surface area (Å²) < 4.78 is 0. The second-order valence-corrected chi connectivity index (χ2v) is 4.05. The molecule has 2 heteroatoms. The fourth-order valence-corrected chi connectivity index (χ4v) is 1.48. The average molecular weight is 192 g/mol. The van der Waals surface area contributed by atoms with Crippen LogP contribution in [0.25, 0.3) is 0 Å². The molecule has 0 unspecified atom stereocenters. The van der Waals surface area contributed by atoms with Crippen LogP contribution in [0.15, 0.2) is 24.3 Å². The molecule has 0 radical (unpaired) electrons. The van der Waals surface area contributed by atoms with E-state index in [2.05, 4.69) is 43.4 Å². The summed E-state index contributed by atoms with van der Waals surface area (Å²) in [5.41, 5.74) is 8.07. The maximum absolute atomic E-state index is 5.36. The van der Waals surface area contributed by atoms with Gasteiger partial charge in [0.2, 0.25) is 0 Å². The highest BCUT2D eigenvalue weighted by atomic mass is 14.9. The first kappa shape index (κ1) is 11.2.